The van der Waals surface area contributed by atoms with Gasteiger partial charge in [-0.05, 0) is 67.6 Å². The van der Waals surface area contributed by atoms with Crippen LogP contribution >= 0.6 is 11.3 Å². The van der Waals surface area contributed by atoms with E-state index in [1.807, 2.05) is 17.5 Å². The van der Waals surface area contributed by atoms with Crippen LogP contribution in [-0.4, -0.2) is 41.8 Å². The second-order valence-corrected chi connectivity index (χ2v) is 9.89. The van der Waals surface area contributed by atoms with Gasteiger partial charge in [-0.1, -0.05) is 24.3 Å². The van der Waals surface area contributed by atoms with Gasteiger partial charge in [0.25, 0.3) is 5.91 Å². The van der Waals surface area contributed by atoms with Crippen molar-refractivity contribution in [3.63, 3.8) is 0 Å². The zero-order valence-corrected chi connectivity index (χ0v) is 21.6. The van der Waals surface area contributed by atoms with Crippen molar-refractivity contribution in [2.45, 2.75) is 32.4 Å². The van der Waals surface area contributed by atoms with E-state index in [2.05, 4.69) is 21.3 Å². The summed E-state index contributed by atoms with van der Waals surface area (Å²) in [4.78, 5) is 49.8. The molecule has 0 aliphatic rings. The van der Waals surface area contributed by atoms with Gasteiger partial charge >= 0.3 is 12.2 Å². The Morgan fingerprint density at radius 3 is 2.22 bits per heavy atom. The third-order valence-corrected chi connectivity index (χ3v) is 5.91. The Kier molecular flexibility index (Phi) is 8.51. The lowest BCUT2D eigenvalue weighted by molar-refractivity contribution is -0.122. The van der Waals surface area contributed by atoms with Crippen molar-refractivity contribution in [1.29, 1.82) is 0 Å². The number of rotatable bonds is 7. The molecule has 1 heterocycles. The summed E-state index contributed by atoms with van der Waals surface area (Å²) in [6.07, 6.45) is -2.02. The molecule has 5 N–H and O–H groups in total. The number of alkyl carbamates (subject to hydrolysis) is 1. The molecule has 11 heteroatoms. The molecule has 37 heavy (non-hydrogen) atoms. The highest BCUT2D eigenvalue weighted by atomic mass is 32.1. The second-order valence-electron chi connectivity index (χ2n) is 8.94. The average Bonchev–Trinajstić information content (AvgIpc) is 3.37. The monoisotopic (exact) mass is 524 g/mol. The summed E-state index contributed by atoms with van der Waals surface area (Å²) in [6, 6.07) is 13.9. The van der Waals surface area contributed by atoms with E-state index in [0.717, 1.165) is 10.4 Å². The summed E-state index contributed by atoms with van der Waals surface area (Å²) in [5.41, 5.74) is 1.29. The smallest absolute Gasteiger partial charge is 0.409 e. The molecule has 3 rings (SSSR count). The summed E-state index contributed by atoms with van der Waals surface area (Å²) < 4.78 is 5.25. The standard InChI is InChI=1S/C26H28N4O6S/c1-26(2,3)36-25(35)30-21(23(32)27-4)15-7-9-16(10-8-15)22(31)28-19-14-17(20-6-5-13-37-20)11-12-18(19)29-24(33)34/h5-14,21,29H,1-4H3,(H,27,32)(H,28,31)(H,30,35)(H,33,34). The Balaban J connectivity index is 1.82. The number of hydrogen-bond donors (Lipinski definition) is 5. The number of carboxylic acid groups (broad SMARTS) is 1. The number of hydrogen-bond acceptors (Lipinski definition) is 6. The molecule has 0 spiro atoms. The van der Waals surface area contributed by atoms with Crippen molar-refractivity contribution in [2.75, 3.05) is 17.7 Å². The zero-order valence-electron chi connectivity index (χ0n) is 20.7. The number of benzene rings is 2. The minimum absolute atomic E-state index is 0.221. The van der Waals surface area contributed by atoms with Crippen LogP contribution in [0, 0.1) is 0 Å². The topological polar surface area (TPSA) is 146 Å². The van der Waals surface area contributed by atoms with E-state index < -0.39 is 35.6 Å². The van der Waals surface area contributed by atoms with Crippen molar-refractivity contribution in [2.24, 2.45) is 0 Å². The van der Waals surface area contributed by atoms with Gasteiger partial charge < -0.3 is 25.8 Å². The molecule has 0 radical (unpaired) electrons. The highest BCUT2D eigenvalue weighted by Crippen LogP contribution is 2.32. The van der Waals surface area contributed by atoms with E-state index in [1.165, 1.54) is 30.5 Å². The first kappa shape index (κ1) is 27.2. The molecular formula is C26H28N4O6S. The van der Waals surface area contributed by atoms with Crippen molar-refractivity contribution in [3.8, 4) is 10.4 Å². The van der Waals surface area contributed by atoms with E-state index in [1.54, 1.807) is 51.1 Å². The van der Waals surface area contributed by atoms with Gasteiger partial charge in [-0.2, -0.15) is 0 Å². The fraction of sp³-hybridized carbons (Fsp3) is 0.231. The Morgan fingerprint density at radius 2 is 1.65 bits per heavy atom. The summed E-state index contributed by atoms with van der Waals surface area (Å²) in [7, 11) is 1.45. The van der Waals surface area contributed by atoms with Gasteiger partial charge in [0.2, 0.25) is 5.91 Å². The van der Waals surface area contributed by atoms with Gasteiger partial charge in [0, 0.05) is 17.5 Å². The molecule has 0 saturated heterocycles. The number of ether oxygens (including phenoxy) is 1. The van der Waals surface area contributed by atoms with E-state index in [9.17, 15) is 24.3 Å². The number of amides is 4. The van der Waals surface area contributed by atoms with Crippen molar-refractivity contribution < 1.29 is 29.0 Å². The number of nitrogens with one attached hydrogen (secondary N) is 4. The lowest BCUT2D eigenvalue weighted by Gasteiger charge is -2.23. The normalized spacial score (nSPS) is 11.7. The van der Waals surface area contributed by atoms with Crippen LogP contribution in [0.25, 0.3) is 10.4 Å². The predicted octanol–water partition coefficient (Wildman–Crippen LogP) is 5.07. The first-order valence-corrected chi connectivity index (χ1v) is 12.1. The number of likely N-dealkylation sites (N-methyl/N-ethyl adjacent to an activating group) is 1. The van der Waals surface area contributed by atoms with E-state index in [-0.39, 0.29) is 16.9 Å². The summed E-state index contributed by atoms with van der Waals surface area (Å²) in [6.45, 7) is 5.13. The van der Waals surface area contributed by atoms with Crippen LogP contribution in [0.4, 0.5) is 21.0 Å². The lowest BCUT2D eigenvalue weighted by Crippen LogP contribution is -2.41. The predicted molar refractivity (Wildman–Crippen MR) is 142 cm³/mol. The second kappa shape index (κ2) is 11.6. The molecule has 4 amide bonds. The number of carbonyl (C=O) groups excluding carboxylic acids is 3. The van der Waals surface area contributed by atoms with Gasteiger partial charge in [0.15, 0.2) is 0 Å². The molecule has 0 bridgehead atoms. The van der Waals surface area contributed by atoms with E-state index in [0.29, 0.717) is 5.56 Å². The minimum Gasteiger partial charge on any atom is -0.465 e. The Bertz CT molecular complexity index is 1280. The number of thiophene rings is 1. The van der Waals surface area contributed by atoms with Crippen LogP contribution in [0.1, 0.15) is 42.7 Å². The Morgan fingerprint density at radius 1 is 0.946 bits per heavy atom. The molecule has 0 aliphatic heterocycles. The fourth-order valence-electron chi connectivity index (χ4n) is 3.36. The van der Waals surface area contributed by atoms with E-state index >= 15 is 0 Å². The first-order valence-electron chi connectivity index (χ1n) is 11.3. The van der Waals surface area contributed by atoms with Crippen LogP contribution in [0.15, 0.2) is 60.0 Å². The fourth-order valence-corrected chi connectivity index (χ4v) is 4.08. The maximum absolute atomic E-state index is 13.0. The summed E-state index contributed by atoms with van der Waals surface area (Å²) in [5, 5.41) is 21.2. The first-order chi connectivity index (χ1) is 17.5. The maximum atomic E-state index is 13.0. The molecule has 2 aromatic carbocycles. The third-order valence-electron chi connectivity index (χ3n) is 4.99. The Labute approximate surface area is 218 Å². The molecule has 1 aromatic heterocycles. The third kappa shape index (κ3) is 7.55. The van der Waals surface area contributed by atoms with Gasteiger partial charge in [-0.3, -0.25) is 14.9 Å². The van der Waals surface area contributed by atoms with Crippen LogP contribution in [0.3, 0.4) is 0 Å². The summed E-state index contributed by atoms with van der Waals surface area (Å²) >= 11 is 1.51. The quantitative estimate of drug-likeness (QED) is 0.292. The van der Waals surface area contributed by atoms with Crippen LogP contribution < -0.4 is 21.3 Å². The molecule has 3 aromatic rings. The van der Waals surface area contributed by atoms with Gasteiger partial charge in [-0.25, -0.2) is 9.59 Å². The largest absolute Gasteiger partial charge is 0.465 e. The van der Waals surface area contributed by atoms with Gasteiger partial charge in [0.1, 0.15) is 11.6 Å². The van der Waals surface area contributed by atoms with Crippen molar-refractivity contribution in [3.05, 3.63) is 71.1 Å². The molecule has 0 aliphatic carbocycles. The lowest BCUT2D eigenvalue weighted by atomic mass is 10.0. The van der Waals surface area contributed by atoms with Crippen molar-refractivity contribution >= 4 is 46.7 Å². The molecule has 10 nitrogen and oxygen atoms in total. The molecule has 0 saturated carbocycles. The van der Waals surface area contributed by atoms with Crippen molar-refractivity contribution in [1.82, 2.24) is 10.6 Å². The zero-order chi connectivity index (χ0) is 27.2. The van der Waals surface area contributed by atoms with Gasteiger partial charge in [0.05, 0.1) is 11.4 Å². The van der Waals surface area contributed by atoms with Crippen LogP contribution in [0.2, 0.25) is 0 Å². The van der Waals surface area contributed by atoms with Gasteiger partial charge in [-0.15, -0.1) is 11.3 Å². The minimum atomic E-state index is -1.26. The molecule has 0 fully saturated rings. The van der Waals surface area contributed by atoms with Crippen LogP contribution in [-0.2, 0) is 9.53 Å². The summed E-state index contributed by atoms with van der Waals surface area (Å²) in [5.74, 6) is -0.947. The highest BCUT2D eigenvalue weighted by molar-refractivity contribution is 7.13. The molecule has 1 atom stereocenters. The van der Waals surface area contributed by atoms with E-state index in [4.69, 9.17) is 4.74 Å². The number of carbonyl (C=O) groups is 4. The Hall–Kier alpha value is -4.38. The SMILES string of the molecule is CNC(=O)C(NC(=O)OC(C)(C)C)c1ccc(C(=O)Nc2cc(-c3cccs3)ccc2NC(=O)O)cc1. The molecular weight excluding hydrogens is 496 g/mol. The molecule has 194 valence electrons. The van der Waals surface area contributed by atoms with Crippen LogP contribution in [0.5, 0.6) is 0 Å². The number of anilines is 2. The molecule has 1 unspecified atom stereocenters. The average molecular weight is 525 g/mol. The highest BCUT2D eigenvalue weighted by Gasteiger charge is 2.25. The maximum Gasteiger partial charge on any atom is 0.409 e.